The molecule has 0 saturated carbocycles. The fourth-order valence-corrected chi connectivity index (χ4v) is 4.35. The van der Waals surface area contributed by atoms with E-state index in [0.717, 1.165) is 39.0 Å². The first kappa shape index (κ1) is 19.2. The van der Waals surface area contributed by atoms with Crippen LogP contribution in [0.15, 0.2) is 24.3 Å². The van der Waals surface area contributed by atoms with Gasteiger partial charge in [-0.3, -0.25) is 14.5 Å². The first-order valence-electron chi connectivity index (χ1n) is 10.3. The van der Waals surface area contributed by atoms with Crippen LogP contribution in [0.4, 0.5) is 5.69 Å². The molecule has 2 amide bonds. The van der Waals surface area contributed by atoms with Crippen LogP contribution in [0.25, 0.3) is 0 Å². The van der Waals surface area contributed by atoms with E-state index in [1.165, 1.54) is 11.3 Å². The molecule has 1 N–H and O–H groups in total. The lowest BCUT2D eigenvalue weighted by atomic mass is 9.90. The summed E-state index contributed by atoms with van der Waals surface area (Å²) >= 11 is 0. The van der Waals surface area contributed by atoms with Gasteiger partial charge in [0.15, 0.2) is 0 Å². The van der Waals surface area contributed by atoms with Crippen LogP contribution in [-0.4, -0.2) is 86.2 Å². The SMILES string of the molecule is Cc1cccc(N2CCN(CC(=O)N3CCC4(CC3)CNC(=O)CO4)CC2)c1. The highest BCUT2D eigenvalue weighted by molar-refractivity contribution is 5.79. The Hall–Kier alpha value is -2.12. The van der Waals surface area contributed by atoms with Gasteiger partial charge in [0.1, 0.15) is 6.61 Å². The van der Waals surface area contributed by atoms with Crippen LogP contribution in [-0.2, 0) is 14.3 Å². The molecule has 0 bridgehead atoms. The highest BCUT2D eigenvalue weighted by atomic mass is 16.5. The minimum atomic E-state index is -0.274. The zero-order valence-electron chi connectivity index (χ0n) is 16.7. The van der Waals surface area contributed by atoms with Gasteiger partial charge in [-0.25, -0.2) is 0 Å². The number of aryl methyl sites for hydroxylation is 1. The average molecular weight is 386 g/mol. The first-order chi connectivity index (χ1) is 13.5. The van der Waals surface area contributed by atoms with Crippen molar-refractivity contribution in [2.24, 2.45) is 0 Å². The fraction of sp³-hybridized carbons (Fsp3) is 0.619. The summed E-state index contributed by atoms with van der Waals surface area (Å²) in [4.78, 5) is 30.7. The summed E-state index contributed by atoms with van der Waals surface area (Å²) in [5.41, 5.74) is 2.27. The van der Waals surface area contributed by atoms with Crippen molar-refractivity contribution in [3.63, 3.8) is 0 Å². The molecule has 3 heterocycles. The van der Waals surface area contributed by atoms with Crippen LogP contribution in [0, 0.1) is 6.92 Å². The highest BCUT2D eigenvalue weighted by Crippen LogP contribution is 2.27. The minimum Gasteiger partial charge on any atom is -0.369 e. The lowest BCUT2D eigenvalue weighted by molar-refractivity contribution is -0.155. The molecule has 7 nitrogen and oxygen atoms in total. The molecule has 152 valence electrons. The smallest absolute Gasteiger partial charge is 0.246 e. The number of hydrogen-bond acceptors (Lipinski definition) is 5. The second kappa shape index (κ2) is 8.09. The van der Waals surface area contributed by atoms with Crippen molar-refractivity contribution in [1.82, 2.24) is 15.1 Å². The van der Waals surface area contributed by atoms with Crippen LogP contribution in [0.5, 0.6) is 0 Å². The Labute approximate surface area is 166 Å². The van der Waals surface area contributed by atoms with E-state index in [0.29, 0.717) is 26.2 Å². The molecule has 3 aliphatic heterocycles. The number of carbonyl (C=O) groups is 2. The monoisotopic (exact) mass is 386 g/mol. The van der Waals surface area contributed by atoms with Gasteiger partial charge in [0.25, 0.3) is 0 Å². The fourth-order valence-electron chi connectivity index (χ4n) is 4.35. The van der Waals surface area contributed by atoms with Gasteiger partial charge in [-0.2, -0.15) is 0 Å². The molecule has 1 aromatic carbocycles. The number of nitrogens with zero attached hydrogens (tertiary/aromatic N) is 3. The molecule has 0 aliphatic carbocycles. The van der Waals surface area contributed by atoms with E-state index in [4.69, 9.17) is 4.74 Å². The standard InChI is InChI=1S/C21H30N4O3/c1-17-3-2-4-18(13-17)24-11-9-23(10-12-24)14-20(27)25-7-5-21(6-8-25)16-22-19(26)15-28-21/h2-4,13H,5-12,14-16H2,1H3,(H,22,26). The predicted molar refractivity (Wildman–Crippen MR) is 107 cm³/mol. The van der Waals surface area contributed by atoms with E-state index in [1.807, 2.05) is 4.90 Å². The van der Waals surface area contributed by atoms with E-state index in [2.05, 4.69) is 46.3 Å². The molecule has 0 atom stereocenters. The van der Waals surface area contributed by atoms with Crippen molar-refractivity contribution in [2.45, 2.75) is 25.4 Å². The molecule has 7 heteroatoms. The summed E-state index contributed by atoms with van der Waals surface area (Å²) in [7, 11) is 0. The molecular formula is C21H30N4O3. The largest absolute Gasteiger partial charge is 0.369 e. The molecule has 4 rings (SSSR count). The number of benzene rings is 1. The third-order valence-electron chi connectivity index (χ3n) is 6.24. The second-order valence-corrected chi connectivity index (χ2v) is 8.23. The normalized spacial score (nSPS) is 23.0. The highest BCUT2D eigenvalue weighted by Gasteiger charge is 2.40. The number of nitrogens with one attached hydrogen (secondary N) is 1. The van der Waals surface area contributed by atoms with Gasteiger partial charge >= 0.3 is 0 Å². The van der Waals surface area contributed by atoms with Crippen LogP contribution in [0.3, 0.4) is 0 Å². The van der Waals surface area contributed by atoms with Crippen LogP contribution < -0.4 is 10.2 Å². The van der Waals surface area contributed by atoms with Gasteiger partial charge < -0.3 is 19.9 Å². The molecular weight excluding hydrogens is 356 g/mol. The third kappa shape index (κ3) is 4.31. The van der Waals surface area contributed by atoms with Gasteiger partial charge in [-0.05, 0) is 37.5 Å². The Morgan fingerprint density at radius 1 is 1.14 bits per heavy atom. The van der Waals surface area contributed by atoms with Gasteiger partial charge in [0, 0.05) is 51.5 Å². The number of ether oxygens (including phenoxy) is 1. The molecule has 0 unspecified atom stereocenters. The summed E-state index contributed by atoms with van der Waals surface area (Å²) in [5.74, 6) is 0.160. The minimum absolute atomic E-state index is 0.0473. The van der Waals surface area contributed by atoms with Crippen LogP contribution in [0.1, 0.15) is 18.4 Å². The first-order valence-corrected chi connectivity index (χ1v) is 10.3. The van der Waals surface area contributed by atoms with Gasteiger partial charge in [0.2, 0.25) is 11.8 Å². The summed E-state index contributed by atoms with van der Waals surface area (Å²) in [6.07, 6.45) is 1.58. The Kier molecular flexibility index (Phi) is 5.55. The Bertz CT molecular complexity index is 710. The Morgan fingerprint density at radius 2 is 1.89 bits per heavy atom. The Morgan fingerprint density at radius 3 is 2.54 bits per heavy atom. The number of amides is 2. The quantitative estimate of drug-likeness (QED) is 0.825. The average Bonchev–Trinajstić information content (AvgIpc) is 2.71. The van der Waals surface area contributed by atoms with Crippen molar-refractivity contribution in [2.75, 3.05) is 63.9 Å². The van der Waals surface area contributed by atoms with E-state index in [9.17, 15) is 9.59 Å². The zero-order chi connectivity index (χ0) is 19.6. The molecule has 1 aromatic rings. The molecule has 0 aromatic heterocycles. The lowest BCUT2D eigenvalue weighted by Gasteiger charge is -2.44. The number of piperazine rings is 1. The summed E-state index contributed by atoms with van der Waals surface area (Å²) < 4.78 is 5.79. The van der Waals surface area contributed by atoms with E-state index < -0.39 is 0 Å². The number of carbonyl (C=O) groups excluding carboxylic acids is 2. The molecule has 3 fully saturated rings. The molecule has 3 saturated heterocycles. The van der Waals surface area contributed by atoms with Crippen molar-refractivity contribution < 1.29 is 14.3 Å². The van der Waals surface area contributed by atoms with Crippen molar-refractivity contribution in [3.8, 4) is 0 Å². The summed E-state index contributed by atoms with van der Waals surface area (Å²) in [5, 5.41) is 2.89. The number of likely N-dealkylation sites (tertiary alicyclic amines) is 1. The number of hydrogen-bond donors (Lipinski definition) is 1. The van der Waals surface area contributed by atoms with Crippen LogP contribution in [0.2, 0.25) is 0 Å². The second-order valence-electron chi connectivity index (χ2n) is 8.23. The number of anilines is 1. The van der Waals surface area contributed by atoms with E-state index in [1.54, 1.807) is 0 Å². The molecule has 0 radical (unpaired) electrons. The zero-order valence-corrected chi connectivity index (χ0v) is 16.7. The number of piperidine rings is 1. The Balaban J connectivity index is 1.22. The molecule has 1 spiro atoms. The summed E-state index contributed by atoms with van der Waals surface area (Å²) in [6, 6.07) is 8.60. The topological polar surface area (TPSA) is 65.1 Å². The number of morpholine rings is 1. The molecule has 3 aliphatic rings. The maximum absolute atomic E-state index is 12.7. The maximum Gasteiger partial charge on any atom is 0.246 e. The van der Waals surface area contributed by atoms with Crippen LogP contribution >= 0.6 is 0 Å². The molecule has 28 heavy (non-hydrogen) atoms. The van der Waals surface area contributed by atoms with Gasteiger partial charge in [-0.15, -0.1) is 0 Å². The van der Waals surface area contributed by atoms with Gasteiger partial charge in [0.05, 0.1) is 12.1 Å². The third-order valence-corrected chi connectivity index (χ3v) is 6.24. The van der Waals surface area contributed by atoms with Crippen molar-refractivity contribution in [1.29, 1.82) is 0 Å². The van der Waals surface area contributed by atoms with Gasteiger partial charge in [-0.1, -0.05) is 12.1 Å². The predicted octanol–water partition coefficient (Wildman–Crippen LogP) is 0.625. The number of rotatable bonds is 3. The lowest BCUT2D eigenvalue weighted by Crippen LogP contribution is -2.59. The van der Waals surface area contributed by atoms with Crippen molar-refractivity contribution in [3.05, 3.63) is 29.8 Å². The van der Waals surface area contributed by atoms with Crippen molar-refractivity contribution >= 4 is 17.5 Å². The maximum atomic E-state index is 12.7. The van der Waals surface area contributed by atoms with E-state index in [-0.39, 0.29) is 24.0 Å². The summed E-state index contributed by atoms with van der Waals surface area (Å²) in [6.45, 7) is 8.45. The van der Waals surface area contributed by atoms with E-state index >= 15 is 0 Å².